The molecule has 3 aromatic carbocycles. The molecule has 3 aliphatic rings. The van der Waals surface area contributed by atoms with Gasteiger partial charge in [0.25, 0.3) is 0 Å². The number of ether oxygens (including phenoxy) is 2. The van der Waals surface area contributed by atoms with Crippen molar-refractivity contribution in [3.63, 3.8) is 0 Å². The number of hydrogen-bond acceptors (Lipinski definition) is 5. The molecule has 3 aromatic rings. The van der Waals surface area contributed by atoms with Crippen LogP contribution < -0.4 is 19.3 Å². The molecule has 3 aliphatic heterocycles. The van der Waals surface area contributed by atoms with E-state index in [-0.39, 0.29) is 0 Å². The fraction of sp³-hybridized carbons (Fsp3) is 0.292. The van der Waals surface area contributed by atoms with E-state index >= 15 is 0 Å². The van der Waals surface area contributed by atoms with Crippen LogP contribution in [0, 0.1) is 0 Å². The maximum atomic E-state index is 6.54. The Kier molecular flexibility index (Phi) is 3.54. The summed E-state index contributed by atoms with van der Waals surface area (Å²) < 4.78 is 12.8. The van der Waals surface area contributed by atoms with Gasteiger partial charge in [-0.1, -0.05) is 36.4 Å². The third-order valence-corrected chi connectivity index (χ3v) is 6.22. The maximum Gasteiger partial charge on any atom is 0.378 e. The van der Waals surface area contributed by atoms with Gasteiger partial charge in [0.2, 0.25) is 0 Å². The minimum Gasteiger partial charge on any atom is -0.429 e. The lowest BCUT2D eigenvalue weighted by Gasteiger charge is -2.36. The standard InChI is InChI=1S/C24H23N3O2/c1-26-19-11-5-6-12-21(19)28-24(26)16-25-23-18-10-4-3-9-17(18)20(15-22(23)29-24)27-13-7-2-8-14-27/h3-6,9-12,15-16H,2,7-8,13-14H2,1H3. The van der Waals surface area contributed by atoms with Gasteiger partial charge in [0.1, 0.15) is 17.7 Å². The van der Waals surface area contributed by atoms with Crippen molar-refractivity contribution in [1.82, 2.24) is 0 Å². The monoisotopic (exact) mass is 385 g/mol. The molecule has 5 heteroatoms. The van der Waals surface area contributed by atoms with Gasteiger partial charge in [0.05, 0.1) is 5.69 Å². The maximum absolute atomic E-state index is 6.54. The Bertz CT molecular complexity index is 1140. The first-order valence-corrected chi connectivity index (χ1v) is 10.3. The van der Waals surface area contributed by atoms with Crippen molar-refractivity contribution in [2.45, 2.75) is 25.2 Å². The number of rotatable bonds is 1. The number of piperidine rings is 1. The zero-order chi connectivity index (χ0) is 19.4. The number of anilines is 2. The van der Waals surface area contributed by atoms with Crippen molar-refractivity contribution in [3.8, 4) is 11.5 Å². The summed E-state index contributed by atoms with van der Waals surface area (Å²) in [5, 5.41) is 2.35. The lowest BCUT2D eigenvalue weighted by atomic mass is 10.0. The van der Waals surface area contributed by atoms with E-state index in [1.54, 1.807) is 6.21 Å². The normalized spacial score (nSPS) is 22.4. The summed E-state index contributed by atoms with van der Waals surface area (Å²) in [4.78, 5) is 9.33. The molecule has 146 valence electrons. The van der Waals surface area contributed by atoms with Gasteiger partial charge in [-0.15, -0.1) is 0 Å². The molecule has 0 saturated carbocycles. The van der Waals surface area contributed by atoms with Crippen molar-refractivity contribution >= 4 is 34.0 Å². The number of aliphatic imine (C=N–C) groups is 1. The second-order valence-electron chi connectivity index (χ2n) is 7.96. The highest BCUT2D eigenvalue weighted by Crippen LogP contribution is 2.49. The van der Waals surface area contributed by atoms with Crippen LogP contribution in [0.1, 0.15) is 19.3 Å². The summed E-state index contributed by atoms with van der Waals surface area (Å²) in [5.41, 5.74) is 3.10. The number of para-hydroxylation sites is 2. The molecule has 1 unspecified atom stereocenters. The molecule has 0 aromatic heterocycles. The van der Waals surface area contributed by atoms with E-state index in [1.807, 2.05) is 36.2 Å². The van der Waals surface area contributed by atoms with Crippen molar-refractivity contribution in [3.05, 3.63) is 54.6 Å². The molecule has 0 N–H and O–H groups in total. The third-order valence-electron chi connectivity index (χ3n) is 6.22. The lowest BCUT2D eigenvalue weighted by molar-refractivity contribution is -0.0317. The van der Waals surface area contributed by atoms with E-state index in [2.05, 4.69) is 35.2 Å². The molecule has 0 bridgehead atoms. The predicted molar refractivity (Wildman–Crippen MR) is 117 cm³/mol. The number of fused-ring (bicyclic) bond motifs is 4. The van der Waals surface area contributed by atoms with Crippen LogP contribution in [0.5, 0.6) is 11.5 Å². The molecule has 1 fully saturated rings. The van der Waals surface area contributed by atoms with E-state index in [1.165, 1.54) is 30.3 Å². The third kappa shape index (κ3) is 2.43. The number of hydrogen-bond donors (Lipinski definition) is 0. The van der Waals surface area contributed by atoms with Crippen LogP contribution >= 0.6 is 0 Å². The molecule has 1 atom stereocenters. The van der Waals surface area contributed by atoms with Gasteiger partial charge >= 0.3 is 5.91 Å². The van der Waals surface area contributed by atoms with E-state index in [4.69, 9.17) is 14.5 Å². The second kappa shape index (κ2) is 6.14. The minimum atomic E-state index is -1.04. The summed E-state index contributed by atoms with van der Waals surface area (Å²) in [6.07, 6.45) is 5.55. The van der Waals surface area contributed by atoms with E-state index < -0.39 is 5.91 Å². The molecule has 6 rings (SSSR count). The van der Waals surface area contributed by atoms with Crippen molar-refractivity contribution in [1.29, 1.82) is 0 Å². The Hall–Kier alpha value is -3.21. The van der Waals surface area contributed by atoms with Crippen molar-refractivity contribution in [2.24, 2.45) is 4.99 Å². The van der Waals surface area contributed by atoms with Gasteiger partial charge in [0.15, 0.2) is 5.75 Å². The van der Waals surface area contributed by atoms with Gasteiger partial charge < -0.3 is 14.4 Å². The van der Waals surface area contributed by atoms with Gasteiger partial charge in [-0.3, -0.25) is 4.90 Å². The molecule has 0 amide bonds. The fourth-order valence-electron chi connectivity index (χ4n) is 4.67. The molecular weight excluding hydrogens is 362 g/mol. The highest BCUT2D eigenvalue weighted by Gasteiger charge is 2.48. The molecule has 0 aliphatic carbocycles. The highest BCUT2D eigenvalue weighted by atomic mass is 16.7. The van der Waals surface area contributed by atoms with Crippen LogP contribution in [-0.2, 0) is 0 Å². The summed E-state index contributed by atoms with van der Waals surface area (Å²) in [5.74, 6) is 0.534. The Balaban J connectivity index is 1.49. The zero-order valence-corrected chi connectivity index (χ0v) is 16.5. The minimum absolute atomic E-state index is 0.770. The van der Waals surface area contributed by atoms with Crippen molar-refractivity contribution in [2.75, 3.05) is 29.9 Å². The first-order chi connectivity index (χ1) is 14.3. The van der Waals surface area contributed by atoms with Crippen LogP contribution in [0.25, 0.3) is 10.8 Å². The Morgan fingerprint density at radius 1 is 0.828 bits per heavy atom. The van der Waals surface area contributed by atoms with Crippen LogP contribution in [-0.4, -0.2) is 32.3 Å². The molecule has 1 saturated heterocycles. The smallest absolute Gasteiger partial charge is 0.378 e. The lowest BCUT2D eigenvalue weighted by Crippen LogP contribution is -2.55. The number of benzene rings is 3. The van der Waals surface area contributed by atoms with Gasteiger partial charge in [-0.25, -0.2) is 4.99 Å². The van der Waals surface area contributed by atoms with E-state index in [0.717, 1.165) is 41.3 Å². The summed E-state index contributed by atoms with van der Waals surface area (Å²) in [7, 11) is 1.98. The first-order valence-electron chi connectivity index (χ1n) is 10.3. The summed E-state index contributed by atoms with van der Waals surface area (Å²) >= 11 is 0. The largest absolute Gasteiger partial charge is 0.429 e. The van der Waals surface area contributed by atoms with Gasteiger partial charge in [-0.2, -0.15) is 0 Å². The Morgan fingerprint density at radius 3 is 2.38 bits per heavy atom. The molecule has 5 nitrogen and oxygen atoms in total. The summed E-state index contributed by atoms with van der Waals surface area (Å²) in [6.45, 7) is 2.16. The highest BCUT2D eigenvalue weighted by molar-refractivity contribution is 6.05. The quantitative estimate of drug-likeness (QED) is 0.584. The van der Waals surface area contributed by atoms with Crippen LogP contribution in [0.3, 0.4) is 0 Å². The molecule has 29 heavy (non-hydrogen) atoms. The Labute approximate surface area is 170 Å². The summed E-state index contributed by atoms with van der Waals surface area (Å²) in [6, 6.07) is 18.6. The topological polar surface area (TPSA) is 37.3 Å². The molecule has 0 radical (unpaired) electrons. The first kappa shape index (κ1) is 16.7. The van der Waals surface area contributed by atoms with Crippen LogP contribution in [0.2, 0.25) is 0 Å². The van der Waals surface area contributed by atoms with Crippen molar-refractivity contribution < 1.29 is 9.47 Å². The molecule has 3 heterocycles. The predicted octanol–water partition coefficient (Wildman–Crippen LogP) is 5.11. The molecule has 1 spiro atoms. The van der Waals surface area contributed by atoms with Gasteiger partial charge in [-0.05, 0) is 31.4 Å². The Morgan fingerprint density at radius 2 is 1.55 bits per heavy atom. The van der Waals surface area contributed by atoms with E-state index in [0.29, 0.717) is 0 Å². The van der Waals surface area contributed by atoms with Crippen LogP contribution in [0.4, 0.5) is 17.1 Å². The SMILES string of the molecule is CN1c2ccccc2OC12C=Nc1c(cc(N3CCCCC3)c3ccccc13)O2. The molecular formula is C24H23N3O2. The average molecular weight is 385 g/mol. The second-order valence-corrected chi connectivity index (χ2v) is 7.96. The van der Waals surface area contributed by atoms with E-state index in [9.17, 15) is 0 Å². The fourth-order valence-corrected chi connectivity index (χ4v) is 4.67. The zero-order valence-electron chi connectivity index (χ0n) is 16.5. The average Bonchev–Trinajstić information content (AvgIpc) is 3.05. The number of nitrogens with zero attached hydrogens (tertiary/aromatic N) is 3. The van der Waals surface area contributed by atoms with Gasteiger partial charge in [0, 0.05) is 42.7 Å². The van der Waals surface area contributed by atoms with Crippen LogP contribution in [0.15, 0.2) is 59.6 Å².